The molecule has 0 radical (unpaired) electrons. The van der Waals surface area contributed by atoms with E-state index in [0.717, 1.165) is 5.56 Å². The molecule has 6 heteroatoms. The van der Waals surface area contributed by atoms with E-state index in [2.05, 4.69) is 13.8 Å². The molecule has 0 amide bonds. The molecule has 0 aliphatic heterocycles. The van der Waals surface area contributed by atoms with Gasteiger partial charge in [0.25, 0.3) is 0 Å². The summed E-state index contributed by atoms with van der Waals surface area (Å²) in [5, 5.41) is 33.9. The molecule has 5 rings (SSSR count). The molecule has 0 spiro atoms. The zero-order valence-electron chi connectivity index (χ0n) is 20.2. The van der Waals surface area contributed by atoms with Crippen LogP contribution in [0.5, 0.6) is 0 Å². The monoisotopic (exact) mass is 466 g/mol. The molecule has 2 saturated carbocycles. The second-order valence-corrected chi connectivity index (χ2v) is 11.5. The third kappa shape index (κ3) is 2.91. The molecular weight excluding hydrogens is 432 g/mol. The molecule has 0 bridgehead atoms. The number of ether oxygens (including phenoxy) is 1. The molecule has 0 aromatic heterocycles. The van der Waals surface area contributed by atoms with Gasteiger partial charge in [-0.05, 0) is 36.0 Å². The quantitative estimate of drug-likeness (QED) is 0.466. The lowest BCUT2D eigenvalue weighted by molar-refractivity contribution is -0.186. The molecule has 3 N–H and O–H groups in total. The van der Waals surface area contributed by atoms with Crippen LogP contribution in [0.4, 0.5) is 0 Å². The van der Waals surface area contributed by atoms with Crippen LogP contribution in [0.1, 0.15) is 46.1 Å². The van der Waals surface area contributed by atoms with Crippen molar-refractivity contribution in [3.8, 4) is 0 Å². The van der Waals surface area contributed by atoms with Crippen molar-refractivity contribution in [3.63, 3.8) is 0 Å². The molecule has 182 valence electrons. The van der Waals surface area contributed by atoms with Gasteiger partial charge in [0.15, 0.2) is 5.78 Å². The molecule has 2 fully saturated rings. The van der Waals surface area contributed by atoms with Crippen molar-refractivity contribution in [1.82, 2.24) is 0 Å². The minimum absolute atomic E-state index is 0.0136. The molecule has 4 aliphatic rings. The SMILES string of the molecule is CC1=C[C@H]2[C@]3(O)[C@H](C=C(CO)C[C@]2(O)C1=O)[C@H]1C(C)(C)[C@]1(OC(=O)Cc1ccccc1)C[C@@H]3C. The van der Waals surface area contributed by atoms with Crippen molar-refractivity contribution in [3.05, 3.63) is 59.2 Å². The maximum absolute atomic E-state index is 13.0. The van der Waals surface area contributed by atoms with Gasteiger partial charge in [-0.1, -0.05) is 63.3 Å². The zero-order valence-corrected chi connectivity index (χ0v) is 20.2. The van der Waals surface area contributed by atoms with E-state index in [9.17, 15) is 24.9 Å². The van der Waals surface area contributed by atoms with Gasteiger partial charge >= 0.3 is 5.97 Å². The predicted molar refractivity (Wildman–Crippen MR) is 125 cm³/mol. The maximum atomic E-state index is 13.0. The third-order valence-corrected chi connectivity index (χ3v) is 9.36. The summed E-state index contributed by atoms with van der Waals surface area (Å²) in [6.45, 7) is 7.37. The first-order valence-electron chi connectivity index (χ1n) is 12.2. The maximum Gasteiger partial charge on any atom is 0.310 e. The van der Waals surface area contributed by atoms with Crippen LogP contribution in [0, 0.1) is 29.1 Å². The highest BCUT2D eigenvalue weighted by atomic mass is 16.6. The predicted octanol–water partition coefficient (Wildman–Crippen LogP) is 2.75. The minimum atomic E-state index is -1.78. The second kappa shape index (κ2) is 7.36. The van der Waals surface area contributed by atoms with Gasteiger partial charge in [-0.25, -0.2) is 0 Å². The lowest BCUT2D eigenvalue weighted by Crippen LogP contribution is -2.61. The summed E-state index contributed by atoms with van der Waals surface area (Å²) in [5.74, 6) is -2.52. The molecule has 0 saturated heterocycles. The van der Waals surface area contributed by atoms with Crippen molar-refractivity contribution in [2.45, 2.75) is 63.8 Å². The van der Waals surface area contributed by atoms with Gasteiger partial charge in [0.2, 0.25) is 0 Å². The van der Waals surface area contributed by atoms with Crippen molar-refractivity contribution in [2.24, 2.45) is 29.1 Å². The summed E-state index contributed by atoms with van der Waals surface area (Å²) in [6.07, 6.45) is 4.16. The van der Waals surface area contributed by atoms with Gasteiger partial charge in [-0.3, -0.25) is 9.59 Å². The zero-order chi connectivity index (χ0) is 24.7. The Hall–Kier alpha value is -2.28. The summed E-state index contributed by atoms with van der Waals surface area (Å²) in [6, 6.07) is 9.47. The molecule has 6 nitrogen and oxygen atoms in total. The lowest BCUT2D eigenvalue weighted by Gasteiger charge is -2.50. The van der Waals surface area contributed by atoms with E-state index in [1.807, 2.05) is 43.3 Å². The summed E-state index contributed by atoms with van der Waals surface area (Å²) >= 11 is 0. The fourth-order valence-corrected chi connectivity index (χ4v) is 7.60. The van der Waals surface area contributed by atoms with E-state index >= 15 is 0 Å². The first-order valence-corrected chi connectivity index (χ1v) is 12.2. The number of esters is 1. The Morgan fingerprint density at radius 2 is 1.82 bits per heavy atom. The van der Waals surface area contributed by atoms with Gasteiger partial charge in [0.1, 0.15) is 11.2 Å². The average Bonchev–Trinajstić information content (AvgIpc) is 3.18. The minimum Gasteiger partial charge on any atom is -0.458 e. The first-order chi connectivity index (χ1) is 15.9. The van der Waals surface area contributed by atoms with Crippen molar-refractivity contribution in [2.75, 3.05) is 6.61 Å². The summed E-state index contributed by atoms with van der Waals surface area (Å²) in [4.78, 5) is 26.0. The van der Waals surface area contributed by atoms with Crippen LogP contribution >= 0.6 is 0 Å². The van der Waals surface area contributed by atoms with Gasteiger partial charge in [0, 0.05) is 29.6 Å². The van der Waals surface area contributed by atoms with Crippen LogP contribution in [0.3, 0.4) is 0 Å². The number of carbonyl (C=O) groups excluding carboxylic acids is 2. The average molecular weight is 467 g/mol. The van der Waals surface area contributed by atoms with Crippen LogP contribution in [0.25, 0.3) is 0 Å². The fourth-order valence-electron chi connectivity index (χ4n) is 7.60. The number of rotatable bonds is 4. The van der Waals surface area contributed by atoms with E-state index in [-0.39, 0.29) is 43.0 Å². The highest BCUT2D eigenvalue weighted by molar-refractivity contribution is 6.04. The smallest absolute Gasteiger partial charge is 0.310 e. The molecule has 7 atom stereocenters. The number of Topliss-reactive ketones (excluding diaryl/α,β-unsaturated/α-hetero) is 1. The first kappa shape index (κ1) is 23.5. The van der Waals surface area contributed by atoms with E-state index in [1.165, 1.54) is 0 Å². The van der Waals surface area contributed by atoms with Crippen molar-refractivity contribution < 1.29 is 29.6 Å². The number of aliphatic hydroxyl groups is 3. The Bertz CT molecular complexity index is 1100. The summed E-state index contributed by atoms with van der Waals surface area (Å²) in [5.41, 5.74) is -2.50. The molecular formula is C28H34O6. The Balaban J connectivity index is 1.54. The Labute approximate surface area is 200 Å². The third-order valence-electron chi connectivity index (χ3n) is 9.36. The van der Waals surface area contributed by atoms with Crippen molar-refractivity contribution in [1.29, 1.82) is 0 Å². The van der Waals surface area contributed by atoms with Gasteiger partial charge in [0.05, 0.1) is 18.6 Å². The molecule has 34 heavy (non-hydrogen) atoms. The summed E-state index contributed by atoms with van der Waals surface area (Å²) < 4.78 is 6.24. The van der Waals surface area contributed by atoms with Crippen LogP contribution in [-0.4, -0.2) is 50.5 Å². The molecule has 0 heterocycles. The molecule has 4 aliphatic carbocycles. The lowest BCUT2D eigenvalue weighted by atomic mass is 9.60. The Morgan fingerprint density at radius 3 is 2.47 bits per heavy atom. The van der Waals surface area contributed by atoms with E-state index < -0.39 is 34.1 Å². The highest BCUT2D eigenvalue weighted by Gasteiger charge is 2.83. The normalized spacial score (nSPS) is 41.9. The molecule has 0 unspecified atom stereocenters. The largest absolute Gasteiger partial charge is 0.458 e. The topological polar surface area (TPSA) is 104 Å². The van der Waals surface area contributed by atoms with Crippen LogP contribution in [0.2, 0.25) is 0 Å². The standard InChI is InChI=1S/C28H34O6/c1-16-10-21-26(32,24(16)31)14-19(15-29)11-20-23-25(3,4)27(23,13-17(2)28(20,21)33)34-22(30)12-18-8-6-5-7-9-18/h5-11,17,20-21,23,29,32-33H,12-15H2,1-4H3/t17-,20+,21+,23-,26+,27-,28+/m0/s1. The Kier molecular flexibility index (Phi) is 5.08. The van der Waals surface area contributed by atoms with Crippen LogP contribution < -0.4 is 0 Å². The number of carbonyl (C=O) groups is 2. The Morgan fingerprint density at radius 1 is 1.15 bits per heavy atom. The highest BCUT2D eigenvalue weighted by Crippen LogP contribution is 2.76. The fraction of sp³-hybridized carbons (Fsp3) is 0.571. The number of aliphatic hydroxyl groups excluding tert-OH is 1. The second-order valence-electron chi connectivity index (χ2n) is 11.5. The number of hydrogen-bond acceptors (Lipinski definition) is 6. The van der Waals surface area contributed by atoms with E-state index in [0.29, 0.717) is 17.6 Å². The number of benzene rings is 1. The number of ketones is 1. The van der Waals surface area contributed by atoms with E-state index in [1.54, 1.807) is 13.0 Å². The summed E-state index contributed by atoms with van der Waals surface area (Å²) in [7, 11) is 0. The van der Waals surface area contributed by atoms with Crippen molar-refractivity contribution >= 4 is 11.8 Å². The molecule has 1 aromatic rings. The number of hydrogen-bond donors (Lipinski definition) is 3. The van der Waals surface area contributed by atoms with E-state index in [4.69, 9.17) is 4.74 Å². The van der Waals surface area contributed by atoms with Gasteiger partial charge in [-0.2, -0.15) is 0 Å². The van der Waals surface area contributed by atoms with Gasteiger partial charge < -0.3 is 20.1 Å². The van der Waals surface area contributed by atoms with Crippen LogP contribution in [0.15, 0.2) is 53.6 Å². The van der Waals surface area contributed by atoms with Gasteiger partial charge in [-0.15, -0.1) is 0 Å². The molecule has 1 aromatic carbocycles. The van der Waals surface area contributed by atoms with Crippen LogP contribution in [-0.2, 0) is 20.7 Å². The number of fused-ring (bicyclic) bond motifs is 5.